The minimum Gasteiger partial charge on any atom is -0.324 e. The van der Waals surface area contributed by atoms with Crippen LogP contribution in [0, 0.1) is 26.6 Å². The summed E-state index contributed by atoms with van der Waals surface area (Å²) in [6, 6.07) is 6.44. The summed E-state index contributed by atoms with van der Waals surface area (Å²) >= 11 is 5.82. The van der Waals surface area contributed by atoms with E-state index in [0.29, 0.717) is 5.69 Å². The number of amides is 1. The van der Waals surface area contributed by atoms with Gasteiger partial charge in [-0.1, -0.05) is 36.2 Å². The molecule has 0 saturated carbocycles. The Morgan fingerprint density at radius 3 is 2.21 bits per heavy atom. The van der Waals surface area contributed by atoms with Crippen LogP contribution in [0.25, 0.3) is 0 Å². The van der Waals surface area contributed by atoms with Gasteiger partial charge >= 0.3 is 0 Å². The molecule has 2 aromatic carbocycles. The highest BCUT2D eigenvalue weighted by Gasteiger charge is 2.32. The summed E-state index contributed by atoms with van der Waals surface area (Å²) < 4.78 is 39.5. The zero-order valence-electron chi connectivity index (χ0n) is 16.5. The third-order valence-electron chi connectivity index (χ3n) is 4.41. The molecular formula is C20H24ClFN2O3S. The molecule has 0 spiro atoms. The smallest absolute Gasteiger partial charge is 0.248 e. The van der Waals surface area contributed by atoms with Crippen LogP contribution in [0.3, 0.4) is 0 Å². The van der Waals surface area contributed by atoms with Crippen molar-refractivity contribution in [3.05, 3.63) is 57.9 Å². The molecule has 5 nitrogen and oxygen atoms in total. The van der Waals surface area contributed by atoms with Gasteiger partial charge in [-0.2, -0.15) is 0 Å². The van der Waals surface area contributed by atoms with Gasteiger partial charge in [0, 0.05) is 5.69 Å². The number of halogens is 2. The minimum atomic E-state index is -3.83. The summed E-state index contributed by atoms with van der Waals surface area (Å²) in [5, 5.41) is 2.64. The molecule has 8 heteroatoms. The van der Waals surface area contributed by atoms with Gasteiger partial charge in [-0.15, -0.1) is 0 Å². The molecule has 152 valence electrons. The van der Waals surface area contributed by atoms with Crippen LogP contribution < -0.4 is 9.62 Å². The molecular weight excluding hydrogens is 403 g/mol. The van der Waals surface area contributed by atoms with E-state index in [0.717, 1.165) is 33.3 Å². The van der Waals surface area contributed by atoms with Crippen molar-refractivity contribution >= 4 is 38.9 Å². The number of rotatable bonds is 6. The second kappa shape index (κ2) is 8.49. The average Bonchev–Trinajstić information content (AvgIpc) is 2.57. The molecule has 0 aromatic heterocycles. The quantitative estimate of drug-likeness (QED) is 0.734. The maximum absolute atomic E-state index is 13.5. The van der Waals surface area contributed by atoms with Gasteiger partial charge in [0.2, 0.25) is 15.9 Å². The summed E-state index contributed by atoms with van der Waals surface area (Å²) in [5.74, 6) is -1.13. The fraction of sp³-hybridized carbons (Fsp3) is 0.350. The molecule has 1 unspecified atom stereocenters. The normalized spacial score (nSPS) is 12.5. The number of benzene rings is 2. The average molecular weight is 427 g/mol. The third-order valence-corrected chi connectivity index (χ3v) is 5.88. The number of aryl methyl sites for hydroxylation is 3. The monoisotopic (exact) mass is 426 g/mol. The van der Waals surface area contributed by atoms with Crippen molar-refractivity contribution in [2.75, 3.05) is 15.9 Å². The zero-order chi connectivity index (χ0) is 21.2. The lowest BCUT2D eigenvalue weighted by Gasteiger charge is -2.30. The van der Waals surface area contributed by atoms with Crippen LogP contribution >= 0.6 is 11.6 Å². The third kappa shape index (κ3) is 4.83. The van der Waals surface area contributed by atoms with Crippen LogP contribution in [0.4, 0.5) is 15.8 Å². The Labute approximate surface area is 170 Å². The van der Waals surface area contributed by atoms with Crippen molar-refractivity contribution in [1.82, 2.24) is 0 Å². The lowest BCUT2D eigenvalue weighted by atomic mass is 10.0. The van der Waals surface area contributed by atoms with Crippen molar-refractivity contribution in [2.45, 2.75) is 40.2 Å². The number of hydrogen-bond acceptors (Lipinski definition) is 3. The Balaban J connectivity index is 2.46. The van der Waals surface area contributed by atoms with Crippen LogP contribution in [-0.4, -0.2) is 26.6 Å². The molecule has 1 amide bonds. The first kappa shape index (κ1) is 22.2. The molecule has 0 aliphatic rings. The maximum Gasteiger partial charge on any atom is 0.248 e. The van der Waals surface area contributed by atoms with Crippen molar-refractivity contribution in [3.63, 3.8) is 0 Å². The molecule has 1 N–H and O–H groups in total. The first-order valence-corrected chi connectivity index (χ1v) is 11.0. The lowest BCUT2D eigenvalue weighted by molar-refractivity contribution is -0.117. The number of nitrogens with zero attached hydrogens (tertiary/aromatic N) is 1. The molecule has 2 aromatic rings. The predicted octanol–water partition coefficient (Wildman–Crippen LogP) is 4.59. The van der Waals surface area contributed by atoms with E-state index in [1.165, 1.54) is 12.1 Å². The van der Waals surface area contributed by atoms with Gasteiger partial charge in [0.15, 0.2) is 0 Å². The summed E-state index contributed by atoms with van der Waals surface area (Å²) in [6.07, 6.45) is 1.22. The van der Waals surface area contributed by atoms with E-state index < -0.39 is 27.8 Å². The fourth-order valence-electron chi connectivity index (χ4n) is 3.27. The summed E-state index contributed by atoms with van der Waals surface area (Å²) in [5.41, 5.74) is 3.62. The van der Waals surface area contributed by atoms with Gasteiger partial charge < -0.3 is 5.32 Å². The van der Waals surface area contributed by atoms with Crippen molar-refractivity contribution in [3.8, 4) is 0 Å². The molecule has 1 atom stereocenters. The molecule has 0 aliphatic heterocycles. The van der Waals surface area contributed by atoms with E-state index in [9.17, 15) is 17.6 Å². The second-order valence-electron chi connectivity index (χ2n) is 6.84. The van der Waals surface area contributed by atoms with Gasteiger partial charge in [0.05, 0.1) is 17.0 Å². The number of sulfonamides is 1. The maximum atomic E-state index is 13.5. The molecule has 0 aliphatic carbocycles. The topological polar surface area (TPSA) is 66.5 Å². The van der Waals surface area contributed by atoms with Gasteiger partial charge in [0.25, 0.3) is 0 Å². The number of nitrogens with one attached hydrogen (secondary N) is 1. The van der Waals surface area contributed by atoms with Crippen LogP contribution in [0.5, 0.6) is 0 Å². The minimum absolute atomic E-state index is 0.133. The first-order valence-electron chi connectivity index (χ1n) is 8.78. The Morgan fingerprint density at radius 2 is 1.75 bits per heavy atom. The standard InChI is InChI=1S/C20H24ClFN2O3S/c1-6-18(20(25)23-19-13(3)9-12(2)10-14(19)4)24(28(5,26)27)15-7-8-17(22)16(21)11-15/h7-11,18H,6H2,1-5H3,(H,23,25). The first-order chi connectivity index (χ1) is 13.0. The summed E-state index contributed by atoms with van der Waals surface area (Å²) in [4.78, 5) is 13.0. The van der Waals surface area contributed by atoms with E-state index in [4.69, 9.17) is 11.6 Å². The number of carbonyl (C=O) groups is 1. The molecule has 0 radical (unpaired) electrons. The molecule has 0 bridgehead atoms. The Kier molecular flexibility index (Phi) is 6.72. The molecule has 0 heterocycles. The number of carbonyl (C=O) groups excluding carboxylic acids is 1. The lowest BCUT2D eigenvalue weighted by Crippen LogP contribution is -2.47. The molecule has 28 heavy (non-hydrogen) atoms. The largest absolute Gasteiger partial charge is 0.324 e. The van der Waals surface area contributed by atoms with E-state index in [2.05, 4.69) is 5.32 Å². The van der Waals surface area contributed by atoms with E-state index in [1.54, 1.807) is 6.92 Å². The van der Waals surface area contributed by atoms with Crippen molar-refractivity contribution < 1.29 is 17.6 Å². The van der Waals surface area contributed by atoms with E-state index in [1.807, 2.05) is 32.9 Å². The van der Waals surface area contributed by atoms with Crippen molar-refractivity contribution in [2.24, 2.45) is 0 Å². The SMILES string of the molecule is CCC(C(=O)Nc1c(C)cc(C)cc1C)N(c1ccc(F)c(Cl)c1)S(C)(=O)=O. The zero-order valence-corrected chi connectivity index (χ0v) is 18.1. The molecule has 0 saturated heterocycles. The number of anilines is 2. The van der Waals surface area contributed by atoms with E-state index >= 15 is 0 Å². The van der Waals surface area contributed by atoms with Crippen molar-refractivity contribution in [1.29, 1.82) is 0 Å². The van der Waals surface area contributed by atoms with Crippen LogP contribution in [0.15, 0.2) is 30.3 Å². The van der Waals surface area contributed by atoms with Crippen LogP contribution in [-0.2, 0) is 14.8 Å². The Morgan fingerprint density at radius 1 is 1.18 bits per heavy atom. The van der Waals surface area contributed by atoms with Crippen LogP contribution in [0.2, 0.25) is 5.02 Å². The summed E-state index contributed by atoms with van der Waals surface area (Å²) in [7, 11) is -3.83. The Hall–Kier alpha value is -2.12. The predicted molar refractivity (Wildman–Crippen MR) is 112 cm³/mol. The highest BCUT2D eigenvalue weighted by Crippen LogP contribution is 2.28. The summed E-state index contributed by atoms with van der Waals surface area (Å²) in [6.45, 7) is 7.43. The van der Waals surface area contributed by atoms with Crippen LogP contribution in [0.1, 0.15) is 30.0 Å². The molecule has 0 fully saturated rings. The van der Waals surface area contributed by atoms with Gasteiger partial charge in [-0.25, -0.2) is 12.8 Å². The van der Waals surface area contributed by atoms with E-state index in [-0.39, 0.29) is 17.1 Å². The highest BCUT2D eigenvalue weighted by molar-refractivity contribution is 7.92. The highest BCUT2D eigenvalue weighted by atomic mass is 35.5. The second-order valence-corrected chi connectivity index (χ2v) is 9.11. The van der Waals surface area contributed by atoms with Gasteiger partial charge in [0.1, 0.15) is 11.9 Å². The number of hydrogen-bond donors (Lipinski definition) is 1. The van der Waals surface area contributed by atoms with Gasteiger partial charge in [-0.05, 0) is 56.5 Å². The Bertz CT molecular complexity index is 986. The van der Waals surface area contributed by atoms with Gasteiger partial charge in [-0.3, -0.25) is 9.10 Å². The fourth-order valence-corrected chi connectivity index (χ4v) is 4.64. The molecule has 2 rings (SSSR count).